The van der Waals surface area contributed by atoms with Crippen molar-refractivity contribution in [2.45, 2.75) is 60.0 Å². The number of aliphatic hydroxyl groups is 1. The van der Waals surface area contributed by atoms with Crippen molar-refractivity contribution in [3.8, 4) is 0 Å². The van der Waals surface area contributed by atoms with E-state index in [-0.39, 0.29) is 0 Å². The van der Waals surface area contributed by atoms with Gasteiger partial charge in [0.2, 0.25) is 0 Å². The van der Waals surface area contributed by atoms with Crippen LogP contribution in [-0.2, 0) is 19.3 Å². The Morgan fingerprint density at radius 1 is 0.952 bits per heavy atom. The molecule has 114 valence electrons. The third-order valence-electron chi connectivity index (χ3n) is 4.31. The van der Waals surface area contributed by atoms with Gasteiger partial charge in [0.05, 0.1) is 0 Å². The molecule has 1 heterocycles. The van der Waals surface area contributed by atoms with Gasteiger partial charge in [0.15, 0.2) is 0 Å². The molecule has 1 N–H and O–H groups in total. The minimum atomic E-state index is -0.488. The zero-order valence-corrected chi connectivity index (χ0v) is 14.6. The number of aryl methyl sites for hydroxylation is 5. The molecule has 0 saturated heterocycles. The minimum Gasteiger partial charge on any atom is -0.383 e. The van der Waals surface area contributed by atoms with Crippen LogP contribution in [0.5, 0.6) is 0 Å². The molecule has 2 rings (SSSR count). The molecule has 0 amide bonds. The molecule has 0 aliphatic rings. The van der Waals surface area contributed by atoms with Crippen molar-refractivity contribution in [2.24, 2.45) is 0 Å². The fourth-order valence-electron chi connectivity index (χ4n) is 2.87. The quantitative estimate of drug-likeness (QED) is 0.811. The Kier molecular flexibility index (Phi) is 5.23. The lowest BCUT2D eigenvalue weighted by Gasteiger charge is -2.19. The first kappa shape index (κ1) is 16.3. The van der Waals surface area contributed by atoms with Crippen LogP contribution in [0.15, 0.2) is 18.2 Å². The van der Waals surface area contributed by atoms with Gasteiger partial charge in [-0.3, -0.25) is 0 Å². The average molecular weight is 302 g/mol. The maximum atomic E-state index is 10.9. The number of hydrogen-bond acceptors (Lipinski definition) is 2. The Labute approximate surface area is 132 Å². The van der Waals surface area contributed by atoms with Crippen molar-refractivity contribution in [2.75, 3.05) is 0 Å². The molecule has 0 aliphatic carbocycles. The summed E-state index contributed by atoms with van der Waals surface area (Å²) in [5.74, 6) is 0. The van der Waals surface area contributed by atoms with Gasteiger partial charge >= 0.3 is 0 Å². The molecule has 0 saturated carbocycles. The van der Waals surface area contributed by atoms with Crippen molar-refractivity contribution in [3.63, 3.8) is 0 Å². The van der Waals surface area contributed by atoms with Crippen molar-refractivity contribution in [3.05, 3.63) is 55.8 Å². The summed E-state index contributed by atoms with van der Waals surface area (Å²) in [6, 6.07) is 6.67. The SMILES string of the molecule is CCc1cc(CC)c(C(O)c2cc(C)c(C)s2)c(CC)c1. The third-order valence-corrected chi connectivity index (χ3v) is 5.51. The molecule has 1 atom stereocenters. The van der Waals surface area contributed by atoms with Crippen molar-refractivity contribution < 1.29 is 5.11 Å². The Morgan fingerprint density at radius 2 is 1.52 bits per heavy atom. The van der Waals surface area contributed by atoms with Crippen LogP contribution >= 0.6 is 11.3 Å². The van der Waals surface area contributed by atoms with E-state index in [0.717, 1.165) is 29.7 Å². The van der Waals surface area contributed by atoms with Crippen LogP contribution in [-0.4, -0.2) is 5.11 Å². The monoisotopic (exact) mass is 302 g/mol. The topological polar surface area (TPSA) is 20.2 Å². The highest BCUT2D eigenvalue weighted by molar-refractivity contribution is 7.12. The summed E-state index contributed by atoms with van der Waals surface area (Å²) >= 11 is 1.72. The van der Waals surface area contributed by atoms with Crippen LogP contribution in [0.2, 0.25) is 0 Å². The molecule has 21 heavy (non-hydrogen) atoms. The van der Waals surface area contributed by atoms with Gasteiger partial charge in [0.1, 0.15) is 6.10 Å². The average Bonchev–Trinajstić information content (AvgIpc) is 2.84. The lowest BCUT2D eigenvalue weighted by Crippen LogP contribution is -2.07. The molecule has 0 spiro atoms. The van der Waals surface area contributed by atoms with E-state index in [1.54, 1.807) is 11.3 Å². The molecule has 2 heteroatoms. The van der Waals surface area contributed by atoms with Crippen molar-refractivity contribution >= 4 is 11.3 Å². The zero-order chi connectivity index (χ0) is 15.6. The molecule has 0 fully saturated rings. The lowest BCUT2D eigenvalue weighted by molar-refractivity contribution is 0.222. The van der Waals surface area contributed by atoms with Gasteiger partial charge in [-0.1, -0.05) is 32.9 Å². The standard InChI is InChI=1S/C19H26OS/c1-6-14-10-15(7-2)18(16(8-3)11-14)19(20)17-9-12(4)13(5)21-17/h9-11,19-20H,6-8H2,1-5H3. The van der Waals surface area contributed by atoms with E-state index in [9.17, 15) is 5.11 Å². The minimum absolute atomic E-state index is 0.488. The molecule has 1 aromatic heterocycles. The predicted molar refractivity (Wildman–Crippen MR) is 92.4 cm³/mol. The molecule has 2 aromatic rings. The second kappa shape index (κ2) is 6.76. The van der Waals surface area contributed by atoms with Crippen LogP contribution in [0, 0.1) is 13.8 Å². The predicted octanol–water partition coefficient (Wildman–Crippen LogP) is 5.13. The zero-order valence-electron chi connectivity index (χ0n) is 13.8. The maximum Gasteiger partial charge on any atom is 0.114 e. The molecule has 0 aliphatic heterocycles. The summed E-state index contributed by atoms with van der Waals surface area (Å²) in [6.07, 6.45) is 2.50. The smallest absolute Gasteiger partial charge is 0.114 e. The van der Waals surface area contributed by atoms with Crippen LogP contribution < -0.4 is 0 Å². The Balaban J connectivity index is 2.55. The van der Waals surface area contributed by atoms with Gasteiger partial charge in [-0.15, -0.1) is 11.3 Å². The summed E-state index contributed by atoms with van der Waals surface area (Å²) in [5, 5.41) is 10.9. The van der Waals surface area contributed by atoms with E-state index in [0.29, 0.717) is 0 Å². The number of hydrogen-bond donors (Lipinski definition) is 1. The fourth-order valence-corrected chi connectivity index (χ4v) is 3.91. The highest BCUT2D eigenvalue weighted by Crippen LogP contribution is 2.35. The molecule has 0 radical (unpaired) electrons. The second-order valence-electron chi connectivity index (χ2n) is 5.68. The van der Waals surface area contributed by atoms with Gasteiger partial charge in [-0.25, -0.2) is 0 Å². The van der Waals surface area contributed by atoms with Crippen LogP contribution in [0.4, 0.5) is 0 Å². The number of rotatable bonds is 5. The number of aliphatic hydroxyl groups excluding tert-OH is 1. The highest BCUT2D eigenvalue weighted by atomic mass is 32.1. The summed E-state index contributed by atoms with van der Waals surface area (Å²) in [7, 11) is 0. The molecule has 1 nitrogen and oxygen atoms in total. The molecular formula is C19H26OS. The Bertz CT molecular complexity index is 580. The molecule has 0 bridgehead atoms. The third kappa shape index (κ3) is 3.22. The van der Waals surface area contributed by atoms with E-state index in [2.05, 4.69) is 52.8 Å². The van der Waals surface area contributed by atoms with Gasteiger partial charge in [-0.05, 0) is 67.0 Å². The van der Waals surface area contributed by atoms with E-state index in [1.165, 1.54) is 27.1 Å². The van der Waals surface area contributed by atoms with Crippen LogP contribution in [0.1, 0.15) is 64.4 Å². The first-order valence-electron chi connectivity index (χ1n) is 7.91. The summed E-state index contributed by atoms with van der Waals surface area (Å²) in [4.78, 5) is 2.36. The second-order valence-corrected chi connectivity index (χ2v) is 6.97. The lowest BCUT2D eigenvalue weighted by atomic mass is 9.90. The van der Waals surface area contributed by atoms with Gasteiger partial charge in [0, 0.05) is 9.75 Å². The van der Waals surface area contributed by atoms with E-state index < -0.39 is 6.10 Å². The maximum absolute atomic E-state index is 10.9. The van der Waals surface area contributed by atoms with E-state index in [1.807, 2.05) is 0 Å². The van der Waals surface area contributed by atoms with Crippen LogP contribution in [0.25, 0.3) is 0 Å². The summed E-state index contributed by atoms with van der Waals surface area (Å²) < 4.78 is 0. The van der Waals surface area contributed by atoms with E-state index in [4.69, 9.17) is 0 Å². The number of thiophene rings is 1. The fraction of sp³-hybridized carbons (Fsp3) is 0.474. The summed E-state index contributed by atoms with van der Waals surface area (Å²) in [6.45, 7) is 10.8. The Morgan fingerprint density at radius 3 is 1.90 bits per heavy atom. The van der Waals surface area contributed by atoms with Gasteiger partial charge in [-0.2, -0.15) is 0 Å². The Hall–Kier alpha value is -1.12. The molecule has 1 aromatic carbocycles. The van der Waals surface area contributed by atoms with Crippen molar-refractivity contribution in [1.29, 1.82) is 0 Å². The summed E-state index contributed by atoms with van der Waals surface area (Å²) in [5.41, 5.74) is 6.37. The normalized spacial score (nSPS) is 12.7. The van der Waals surface area contributed by atoms with E-state index >= 15 is 0 Å². The highest BCUT2D eigenvalue weighted by Gasteiger charge is 2.20. The molecular weight excluding hydrogens is 276 g/mol. The van der Waals surface area contributed by atoms with Gasteiger partial charge < -0.3 is 5.11 Å². The number of benzene rings is 1. The van der Waals surface area contributed by atoms with Crippen molar-refractivity contribution in [1.82, 2.24) is 0 Å². The van der Waals surface area contributed by atoms with Crippen LogP contribution in [0.3, 0.4) is 0 Å². The first-order valence-corrected chi connectivity index (χ1v) is 8.72. The molecule has 1 unspecified atom stereocenters. The largest absolute Gasteiger partial charge is 0.383 e. The van der Waals surface area contributed by atoms with Gasteiger partial charge in [0.25, 0.3) is 0 Å². The first-order chi connectivity index (χ1) is 10.0.